The normalized spacial score (nSPS) is 10.7. The van der Waals surface area contributed by atoms with Crippen molar-refractivity contribution in [2.24, 2.45) is 0 Å². The predicted molar refractivity (Wildman–Crippen MR) is 79.6 cm³/mol. The highest BCUT2D eigenvalue weighted by atomic mass is 79.9. The van der Waals surface area contributed by atoms with Crippen LogP contribution in [0, 0.1) is 12.7 Å². The van der Waals surface area contributed by atoms with Gasteiger partial charge in [0.15, 0.2) is 0 Å². The average Bonchev–Trinajstić information content (AvgIpc) is 2.43. The van der Waals surface area contributed by atoms with Crippen LogP contribution in [0.4, 0.5) is 10.1 Å². The standard InChI is InChI=1S/C14H14BrFN2O2/c1-4-20-14(19)8-6-18-12-7(2)5-9(16)11(15)10(12)13(8)17-3/h5-6H,4H2,1-3H3,(H,17,18). The molecule has 0 amide bonds. The number of esters is 1. The molecule has 20 heavy (non-hydrogen) atoms. The summed E-state index contributed by atoms with van der Waals surface area (Å²) < 4.78 is 19.2. The number of aromatic nitrogens is 1. The lowest BCUT2D eigenvalue weighted by Crippen LogP contribution is -2.10. The fourth-order valence-electron chi connectivity index (χ4n) is 2.09. The van der Waals surface area contributed by atoms with Crippen LogP contribution in [-0.2, 0) is 4.74 Å². The van der Waals surface area contributed by atoms with Crippen LogP contribution in [0.1, 0.15) is 22.8 Å². The van der Waals surface area contributed by atoms with Crippen LogP contribution < -0.4 is 5.32 Å². The molecule has 1 heterocycles. The number of ether oxygens (including phenoxy) is 1. The zero-order valence-electron chi connectivity index (χ0n) is 11.4. The van der Waals surface area contributed by atoms with Crippen LogP contribution in [0.25, 0.3) is 10.9 Å². The minimum Gasteiger partial charge on any atom is -0.462 e. The van der Waals surface area contributed by atoms with Crippen molar-refractivity contribution < 1.29 is 13.9 Å². The largest absolute Gasteiger partial charge is 0.462 e. The number of carbonyl (C=O) groups excluding carboxylic acids is 1. The van der Waals surface area contributed by atoms with E-state index >= 15 is 0 Å². The number of rotatable bonds is 3. The van der Waals surface area contributed by atoms with E-state index in [4.69, 9.17) is 4.74 Å². The van der Waals surface area contributed by atoms with Gasteiger partial charge in [0.25, 0.3) is 0 Å². The van der Waals surface area contributed by atoms with Gasteiger partial charge in [-0.15, -0.1) is 0 Å². The Morgan fingerprint density at radius 2 is 2.25 bits per heavy atom. The van der Waals surface area contributed by atoms with Gasteiger partial charge < -0.3 is 10.1 Å². The van der Waals surface area contributed by atoms with Gasteiger partial charge in [-0.05, 0) is 41.4 Å². The number of pyridine rings is 1. The Bertz CT molecular complexity index is 689. The molecule has 0 saturated carbocycles. The maximum atomic E-state index is 13.9. The van der Waals surface area contributed by atoms with Crippen LogP contribution in [-0.4, -0.2) is 24.6 Å². The minimum absolute atomic E-state index is 0.267. The number of nitrogens with zero attached hydrogens (tertiary/aromatic N) is 1. The molecule has 106 valence electrons. The molecule has 4 nitrogen and oxygen atoms in total. The first-order chi connectivity index (χ1) is 9.51. The van der Waals surface area contributed by atoms with Gasteiger partial charge in [0, 0.05) is 18.6 Å². The molecule has 0 bridgehead atoms. The van der Waals surface area contributed by atoms with Crippen LogP contribution in [0.15, 0.2) is 16.7 Å². The SMILES string of the molecule is CCOC(=O)c1cnc2c(C)cc(F)c(Br)c2c1NC. The number of hydrogen-bond donors (Lipinski definition) is 1. The van der Waals surface area contributed by atoms with Gasteiger partial charge in [-0.3, -0.25) is 4.98 Å². The maximum Gasteiger partial charge on any atom is 0.341 e. The molecule has 1 N–H and O–H groups in total. The Hall–Kier alpha value is -1.69. The third-order valence-corrected chi connectivity index (χ3v) is 3.75. The van der Waals surface area contributed by atoms with Gasteiger partial charge in [-0.1, -0.05) is 0 Å². The summed E-state index contributed by atoms with van der Waals surface area (Å²) in [5.41, 5.74) is 2.12. The highest BCUT2D eigenvalue weighted by molar-refractivity contribution is 9.10. The molecular weight excluding hydrogens is 327 g/mol. The lowest BCUT2D eigenvalue weighted by Gasteiger charge is -2.14. The molecule has 6 heteroatoms. The molecule has 0 aliphatic rings. The highest BCUT2D eigenvalue weighted by Gasteiger charge is 2.20. The Morgan fingerprint density at radius 3 is 2.85 bits per heavy atom. The zero-order chi connectivity index (χ0) is 14.9. The molecule has 2 rings (SSSR count). The summed E-state index contributed by atoms with van der Waals surface area (Å²) in [5.74, 6) is -0.880. The molecule has 0 spiro atoms. The zero-order valence-corrected chi connectivity index (χ0v) is 13.0. The molecule has 0 aliphatic carbocycles. The summed E-state index contributed by atoms with van der Waals surface area (Å²) in [6.45, 7) is 3.77. The number of aryl methyl sites for hydroxylation is 1. The summed E-state index contributed by atoms with van der Waals surface area (Å²) in [6.07, 6.45) is 1.45. The quantitative estimate of drug-likeness (QED) is 0.866. The van der Waals surface area contributed by atoms with Crippen molar-refractivity contribution in [1.82, 2.24) is 4.98 Å². The molecule has 0 fully saturated rings. The lowest BCUT2D eigenvalue weighted by molar-refractivity contribution is 0.0527. The van der Waals surface area contributed by atoms with Crippen molar-refractivity contribution in [3.05, 3.63) is 33.7 Å². The number of benzene rings is 1. The topological polar surface area (TPSA) is 51.2 Å². The molecule has 1 aromatic heterocycles. The van der Waals surface area contributed by atoms with E-state index < -0.39 is 11.8 Å². The van der Waals surface area contributed by atoms with Crippen LogP contribution in [0.3, 0.4) is 0 Å². The average molecular weight is 341 g/mol. The molecule has 0 atom stereocenters. The second-order valence-corrected chi connectivity index (χ2v) is 5.02. The summed E-state index contributed by atoms with van der Waals surface area (Å²) in [7, 11) is 1.67. The fourth-order valence-corrected chi connectivity index (χ4v) is 2.59. The minimum atomic E-state index is -0.486. The summed E-state index contributed by atoms with van der Waals surface area (Å²) in [5, 5.41) is 3.47. The Morgan fingerprint density at radius 1 is 1.55 bits per heavy atom. The van der Waals surface area contributed by atoms with Gasteiger partial charge in [-0.25, -0.2) is 9.18 Å². The number of nitrogens with one attached hydrogen (secondary N) is 1. The molecule has 0 aliphatic heterocycles. The number of fused-ring (bicyclic) bond motifs is 1. The number of halogens is 2. The third-order valence-electron chi connectivity index (χ3n) is 2.97. The predicted octanol–water partition coefficient (Wildman–Crippen LogP) is 3.66. The molecule has 0 unspecified atom stereocenters. The van der Waals surface area contributed by atoms with Gasteiger partial charge in [-0.2, -0.15) is 0 Å². The van der Waals surface area contributed by atoms with Crippen molar-refractivity contribution in [3.8, 4) is 0 Å². The second kappa shape index (κ2) is 5.75. The van der Waals surface area contributed by atoms with E-state index in [0.29, 0.717) is 22.2 Å². The van der Waals surface area contributed by atoms with E-state index in [1.54, 1.807) is 20.9 Å². The lowest BCUT2D eigenvalue weighted by atomic mass is 10.1. The maximum absolute atomic E-state index is 13.9. The molecule has 2 aromatic rings. The van der Waals surface area contributed by atoms with E-state index in [9.17, 15) is 9.18 Å². The molecule has 1 aromatic carbocycles. The van der Waals surface area contributed by atoms with Crippen molar-refractivity contribution in [3.63, 3.8) is 0 Å². The van der Waals surface area contributed by atoms with Crippen molar-refractivity contribution >= 4 is 38.5 Å². The van der Waals surface area contributed by atoms with Crippen molar-refractivity contribution in [2.75, 3.05) is 19.0 Å². The van der Waals surface area contributed by atoms with Gasteiger partial charge in [0.2, 0.25) is 0 Å². The Labute approximate surface area is 124 Å². The van der Waals surface area contributed by atoms with Crippen molar-refractivity contribution in [2.45, 2.75) is 13.8 Å². The van der Waals surface area contributed by atoms with Crippen LogP contribution >= 0.6 is 15.9 Å². The number of carbonyl (C=O) groups is 1. The Kier molecular flexibility index (Phi) is 4.23. The van der Waals surface area contributed by atoms with E-state index in [1.165, 1.54) is 12.3 Å². The van der Waals surface area contributed by atoms with Crippen LogP contribution in [0.5, 0.6) is 0 Å². The molecule has 0 saturated heterocycles. The van der Waals surface area contributed by atoms with Crippen molar-refractivity contribution in [1.29, 1.82) is 0 Å². The Balaban J connectivity index is 2.82. The smallest absolute Gasteiger partial charge is 0.341 e. The van der Waals surface area contributed by atoms with Gasteiger partial charge in [0.05, 0.1) is 22.3 Å². The first-order valence-electron chi connectivity index (χ1n) is 6.13. The second-order valence-electron chi connectivity index (χ2n) is 4.23. The summed E-state index contributed by atoms with van der Waals surface area (Å²) in [6, 6.07) is 1.41. The van der Waals surface area contributed by atoms with E-state index in [1.807, 2.05) is 0 Å². The van der Waals surface area contributed by atoms with Crippen LogP contribution in [0.2, 0.25) is 0 Å². The monoisotopic (exact) mass is 340 g/mol. The first-order valence-corrected chi connectivity index (χ1v) is 6.92. The number of hydrogen-bond acceptors (Lipinski definition) is 4. The molecular formula is C14H14BrFN2O2. The summed E-state index contributed by atoms with van der Waals surface area (Å²) >= 11 is 3.22. The number of anilines is 1. The fraction of sp³-hybridized carbons (Fsp3) is 0.286. The van der Waals surface area contributed by atoms with Gasteiger partial charge >= 0.3 is 5.97 Å². The first kappa shape index (κ1) is 14.7. The summed E-state index contributed by atoms with van der Waals surface area (Å²) in [4.78, 5) is 16.2. The van der Waals surface area contributed by atoms with Gasteiger partial charge in [0.1, 0.15) is 11.4 Å². The molecule has 0 radical (unpaired) electrons. The highest BCUT2D eigenvalue weighted by Crippen LogP contribution is 2.35. The third kappa shape index (κ3) is 2.35. The van der Waals surface area contributed by atoms with E-state index in [2.05, 4.69) is 26.2 Å². The van der Waals surface area contributed by atoms with E-state index in [0.717, 1.165) is 0 Å². The van der Waals surface area contributed by atoms with E-state index in [-0.39, 0.29) is 16.6 Å².